The fourth-order valence-electron chi connectivity index (χ4n) is 4.01. The molecule has 0 radical (unpaired) electrons. The van der Waals surface area contributed by atoms with Gasteiger partial charge in [0.15, 0.2) is 5.88 Å². The number of piperidine rings is 1. The van der Waals surface area contributed by atoms with E-state index in [-0.39, 0.29) is 5.91 Å². The zero-order chi connectivity index (χ0) is 21.2. The highest BCUT2D eigenvalue weighted by molar-refractivity contribution is 7.21. The summed E-state index contributed by atoms with van der Waals surface area (Å²) in [4.78, 5) is 18.1. The zero-order valence-corrected chi connectivity index (χ0v) is 18.6. The van der Waals surface area contributed by atoms with Gasteiger partial charge in [-0.05, 0) is 43.5 Å². The van der Waals surface area contributed by atoms with Gasteiger partial charge in [-0.15, -0.1) is 11.3 Å². The highest BCUT2D eigenvalue weighted by Crippen LogP contribution is 2.36. The number of fused-ring (bicyclic) bond motifs is 1. The lowest BCUT2D eigenvalue weighted by atomic mass is 10.1. The topological polar surface area (TPSA) is 49.8 Å². The molecule has 31 heavy (non-hydrogen) atoms. The summed E-state index contributed by atoms with van der Waals surface area (Å²) >= 11 is 8.01. The van der Waals surface area contributed by atoms with Gasteiger partial charge in [0.1, 0.15) is 16.4 Å². The van der Waals surface area contributed by atoms with Crippen LogP contribution in [-0.2, 0) is 13.1 Å². The summed E-state index contributed by atoms with van der Waals surface area (Å²) in [5.74, 6) is 2.21. The van der Waals surface area contributed by atoms with Gasteiger partial charge in [0, 0.05) is 29.2 Å². The van der Waals surface area contributed by atoms with Crippen molar-refractivity contribution in [1.29, 1.82) is 0 Å². The first kappa shape index (κ1) is 20.2. The van der Waals surface area contributed by atoms with Gasteiger partial charge in [-0.25, -0.2) is 0 Å². The third-order valence-corrected chi connectivity index (χ3v) is 7.27. The standard InChI is InChI=1S/C24H23ClN2O3S/c25-22-19-8-2-3-9-20(19)31-23(22)24(28)27(15-17-7-6-14-29-17)16-18-10-11-21(30-18)26-12-4-1-5-13-26/h2-3,6-11,14H,1,4-5,12-13,15-16H2. The number of rotatable bonds is 6. The van der Waals surface area contributed by atoms with Crippen LogP contribution in [0, 0.1) is 0 Å². The molecule has 0 spiro atoms. The van der Waals surface area contributed by atoms with Crippen LogP contribution in [0.5, 0.6) is 0 Å². The Hall–Kier alpha value is -2.70. The Kier molecular flexibility index (Phi) is 5.74. The molecule has 0 saturated carbocycles. The van der Waals surface area contributed by atoms with E-state index in [1.165, 1.54) is 30.6 Å². The van der Waals surface area contributed by atoms with Crippen molar-refractivity contribution in [3.63, 3.8) is 0 Å². The first-order valence-corrected chi connectivity index (χ1v) is 11.7. The third kappa shape index (κ3) is 4.23. The molecular formula is C24H23ClN2O3S. The molecule has 7 heteroatoms. The molecule has 4 aromatic rings. The number of anilines is 1. The third-order valence-electron chi connectivity index (χ3n) is 5.61. The summed E-state index contributed by atoms with van der Waals surface area (Å²) in [5.41, 5.74) is 0. The Bertz CT molecular complexity index is 1170. The van der Waals surface area contributed by atoms with E-state index >= 15 is 0 Å². The maximum absolute atomic E-state index is 13.5. The molecule has 1 fully saturated rings. The summed E-state index contributed by atoms with van der Waals surface area (Å²) in [7, 11) is 0. The van der Waals surface area contributed by atoms with Gasteiger partial charge in [-0.1, -0.05) is 29.8 Å². The number of hydrogen-bond donors (Lipinski definition) is 0. The van der Waals surface area contributed by atoms with Crippen LogP contribution in [0.1, 0.15) is 40.5 Å². The molecule has 1 saturated heterocycles. The molecule has 1 aromatic carbocycles. The minimum Gasteiger partial charge on any atom is -0.467 e. The van der Waals surface area contributed by atoms with Gasteiger partial charge in [-0.3, -0.25) is 4.79 Å². The van der Waals surface area contributed by atoms with Crippen molar-refractivity contribution < 1.29 is 13.6 Å². The molecule has 5 nitrogen and oxygen atoms in total. The Labute approximate surface area is 189 Å². The minimum atomic E-state index is -0.126. The van der Waals surface area contributed by atoms with E-state index in [1.54, 1.807) is 11.2 Å². The maximum atomic E-state index is 13.5. The summed E-state index contributed by atoms with van der Waals surface area (Å²) in [6.07, 6.45) is 5.25. The Morgan fingerprint density at radius 2 is 1.81 bits per heavy atom. The van der Waals surface area contributed by atoms with Crippen LogP contribution >= 0.6 is 22.9 Å². The van der Waals surface area contributed by atoms with Crippen molar-refractivity contribution in [2.45, 2.75) is 32.4 Å². The fourth-order valence-corrected chi connectivity index (χ4v) is 5.49. The lowest BCUT2D eigenvalue weighted by molar-refractivity contribution is 0.0710. The number of furan rings is 2. The molecule has 1 aliphatic heterocycles. The van der Waals surface area contributed by atoms with Crippen LogP contribution in [0.4, 0.5) is 5.88 Å². The summed E-state index contributed by atoms with van der Waals surface area (Å²) in [5, 5.41) is 1.41. The Morgan fingerprint density at radius 1 is 1.00 bits per heavy atom. The predicted molar refractivity (Wildman–Crippen MR) is 124 cm³/mol. The minimum absolute atomic E-state index is 0.126. The highest BCUT2D eigenvalue weighted by Gasteiger charge is 2.25. The SMILES string of the molecule is O=C(c1sc2ccccc2c1Cl)N(Cc1ccco1)Cc1ccc(N2CCCCC2)o1. The summed E-state index contributed by atoms with van der Waals surface area (Å²) in [6, 6.07) is 15.5. The van der Waals surface area contributed by atoms with Gasteiger partial charge in [0.2, 0.25) is 0 Å². The van der Waals surface area contributed by atoms with E-state index in [4.69, 9.17) is 20.4 Å². The summed E-state index contributed by atoms with van der Waals surface area (Å²) in [6.45, 7) is 2.72. The Morgan fingerprint density at radius 3 is 2.58 bits per heavy atom. The van der Waals surface area contributed by atoms with Crippen LogP contribution in [-0.4, -0.2) is 23.9 Å². The first-order chi connectivity index (χ1) is 15.2. The van der Waals surface area contributed by atoms with E-state index in [9.17, 15) is 4.79 Å². The highest BCUT2D eigenvalue weighted by atomic mass is 35.5. The number of hydrogen-bond acceptors (Lipinski definition) is 5. The number of benzene rings is 1. The van der Waals surface area contributed by atoms with Gasteiger partial charge in [0.05, 0.1) is 24.4 Å². The molecule has 1 amide bonds. The van der Waals surface area contributed by atoms with Crippen molar-refractivity contribution in [2.24, 2.45) is 0 Å². The number of carbonyl (C=O) groups excluding carboxylic acids is 1. The number of halogens is 1. The second-order valence-corrected chi connectivity index (χ2v) is 9.20. The predicted octanol–water partition coefficient (Wildman–Crippen LogP) is 6.57. The van der Waals surface area contributed by atoms with Crippen molar-refractivity contribution in [2.75, 3.05) is 18.0 Å². The molecule has 5 rings (SSSR count). The second-order valence-electron chi connectivity index (χ2n) is 7.77. The molecule has 1 aliphatic rings. The smallest absolute Gasteiger partial charge is 0.266 e. The average molecular weight is 455 g/mol. The van der Waals surface area contributed by atoms with Gasteiger partial charge in [0.25, 0.3) is 5.91 Å². The molecule has 0 bridgehead atoms. The van der Waals surface area contributed by atoms with Crippen LogP contribution in [0.25, 0.3) is 10.1 Å². The lowest BCUT2D eigenvalue weighted by Crippen LogP contribution is -2.30. The average Bonchev–Trinajstić information content (AvgIpc) is 3.55. The lowest BCUT2D eigenvalue weighted by Gasteiger charge is -2.26. The van der Waals surface area contributed by atoms with E-state index in [0.717, 1.165) is 34.8 Å². The molecule has 0 unspecified atom stereocenters. The largest absolute Gasteiger partial charge is 0.467 e. The van der Waals surface area contributed by atoms with Crippen LogP contribution in [0.15, 0.2) is 63.6 Å². The van der Waals surface area contributed by atoms with Crippen LogP contribution in [0.3, 0.4) is 0 Å². The molecule has 0 N–H and O–H groups in total. The van der Waals surface area contributed by atoms with Gasteiger partial charge >= 0.3 is 0 Å². The molecule has 0 atom stereocenters. The van der Waals surface area contributed by atoms with Gasteiger partial charge < -0.3 is 18.6 Å². The van der Waals surface area contributed by atoms with Crippen LogP contribution in [0.2, 0.25) is 5.02 Å². The molecular weight excluding hydrogens is 432 g/mol. The van der Waals surface area contributed by atoms with Crippen LogP contribution < -0.4 is 4.90 Å². The van der Waals surface area contributed by atoms with E-state index < -0.39 is 0 Å². The normalized spacial score (nSPS) is 14.3. The monoisotopic (exact) mass is 454 g/mol. The second kappa shape index (κ2) is 8.81. The number of nitrogens with zero attached hydrogens (tertiary/aromatic N) is 2. The quantitative estimate of drug-likeness (QED) is 0.330. The number of carbonyl (C=O) groups is 1. The van der Waals surface area contributed by atoms with E-state index in [2.05, 4.69) is 4.90 Å². The number of amides is 1. The zero-order valence-electron chi connectivity index (χ0n) is 17.1. The maximum Gasteiger partial charge on any atom is 0.266 e. The van der Waals surface area contributed by atoms with Crippen molar-refractivity contribution in [1.82, 2.24) is 4.90 Å². The molecule has 160 valence electrons. The fraction of sp³-hybridized carbons (Fsp3) is 0.292. The Balaban J connectivity index is 1.42. The first-order valence-electron chi connectivity index (χ1n) is 10.5. The van der Waals surface area contributed by atoms with E-state index in [1.807, 2.05) is 48.5 Å². The number of thiophene rings is 1. The molecule has 3 aromatic heterocycles. The van der Waals surface area contributed by atoms with Crippen molar-refractivity contribution >= 4 is 44.8 Å². The van der Waals surface area contributed by atoms with Crippen molar-refractivity contribution in [3.8, 4) is 0 Å². The van der Waals surface area contributed by atoms with Crippen molar-refractivity contribution in [3.05, 3.63) is 76.2 Å². The molecule has 0 aliphatic carbocycles. The van der Waals surface area contributed by atoms with Gasteiger partial charge in [-0.2, -0.15) is 0 Å². The molecule has 4 heterocycles. The van der Waals surface area contributed by atoms with E-state index in [0.29, 0.717) is 28.7 Å². The summed E-state index contributed by atoms with van der Waals surface area (Å²) < 4.78 is 12.6.